The maximum atomic E-state index is 5.96. The highest BCUT2D eigenvalue weighted by Crippen LogP contribution is 2.25. The van der Waals surface area contributed by atoms with Gasteiger partial charge in [-0.15, -0.1) is 0 Å². The fourth-order valence-corrected chi connectivity index (χ4v) is 2.12. The second-order valence-corrected chi connectivity index (χ2v) is 4.45. The number of benzene rings is 2. The topological polar surface area (TPSA) is 21.3 Å². The van der Waals surface area contributed by atoms with Crippen molar-refractivity contribution in [2.75, 3.05) is 13.2 Å². The molecule has 1 N–H and O–H groups in total. The van der Waals surface area contributed by atoms with E-state index < -0.39 is 0 Å². The molecule has 96 valence electrons. The summed E-state index contributed by atoms with van der Waals surface area (Å²) in [5.41, 5.74) is 0. The van der Waals surface area contributed by atoms with Crippen LogP contribution in [0.15, 0.2) is 42.5 Å². The molecule has 18 heavy (non-hydrogen) atoms. The monoisotopic (exact) mass is 243 g/mol. The van der Waals surface area contributed by atoms with E-state index in [-0.39, 0.29) is 0 Å². The second kappa shape index (κ2) is 6.41. The van der Waals surface area contributed by atoms with Crippen molar-refractivity contribution < 1.29 is 4.74 Å². The largest absolute Gasteiger partial charge is 0.491 e. The van der Waals surface area contributed by atoms with E-state index in [1.165, 1.54) is 10.8 Å². The van der Waals surface area contributed by atoms with Crippen LogP contribution in [0.4, 0.5) is 0 Å². The average molecular weight is 243 g/mol. The summed E-state index contributed by atoms with van der Waals surface area (Å²) in [6.07, 6.45) is 1.08. The molecule has 2 aromatic carbocycles. The van der Waals surface area contributed by atoms with Gasteiger partial charge in [0.1, 0.15) is 12.4 Å². The first-order chi connectivity index (χ1) is 8.85. The predicted molar refractivity (Wildman–Crippen MR) is 77.2 cm³/mol. The zero-order chi connectivity index (χ0) is 12.8. The lowest BCUT2D eigenvalue weighted by molar-refractivity contribution is 0.265. The van der Waals surface area contributed by atoms with Crippen molar-refractivity contribution in [1.82, 2.24) is 5.32 Å². The lowest BCUT2D eigenvalue weighted by Gasteiger charge is -2.17. The second-order valence-electron chi connectivity index (χ2n) is 4.45. The molecule has 0 bridgehead atoms. The molecule has 0 aliphatic heterocycles. The van der Waals surface area contributed by atoms with Crippen molar-refractivity contribution in [2.24, 2.45) is 0 Å². The Labute approximate surface area is 109 Å². The van der Waals surface area contributed by atoms with Crippen LogP contribution in [-0.2, 0) is 0 Å². The molecule has 2 rings (SSSR count). The molecule has 0 spiro atoms. The number of rotatable bonds is 6. The minimum absolute atomic E-state index is 0.425. The van der Waals surface area contributed by atoms with Crippen LogP contribution in [0.3, 0.4) is 0 Å². The molecule has 0 aliphatic rings. The Kier molecular flexibility index (Phi) is 4.59. The molecule has 1 atom stereocenters. The number of hydrogen-bond donors (Lipinski definition) is 1. The summed E-state index contributed by atoms with van der Waals surface area (Å²) < 4.78 is 5.96. The van der Waals surface area contributed by atoms with Crippen molar-refractivity contribution in [3.8, 4) is 5.75 Å². The van der Waals surface area contributed by atoms with Crippen molar-refractivity contribution in [3.05, 3.63) is 42.5 Å². The van der Waals surface area contributed by atoms with E-state index in [0.717, 1.165) is 25.3 Å². The third-order valence-electron chi connectivity index (χ3n) is 3.18. The van der Waals surface area contributed by atoms with Gasteiger partial charge in [0, 0.05) is 11.4 Å². The van der Waals surface area contributed by atoms with Crippen LogP contribution in [0.25, 0.3) is 10.8 Å². The molecule has 0 aliphatic carbocycles. The van der Waals surface area contributed by atoms with E-state index in [1.54, 1.807) is 0 Å². The maximum Gasteiger partial charge on any atom is 0.127 e. The number of ether oxygens (including phenoxy) is 1. The molecule has 0 amide bonds. The summed E-state index contributed by atoms with van der Waals surface area (Å²) in [5.74, 6) is 0.976. The van der Waals surface area contributed by atoms with E-state index in [1.807, 2.05) is 12.1 Å². The Bertz CT molecular complexity index is 490. The van der Waals surface area contributed by atoms with Gasteiger partial charge in [0.25, 0.3) is 0 Å². The molecule has 0 saturated heterocycles. The molecule has 1 unspecified atom stereocenters. The summed E-state index contributed by atoms with van der Waals surface area (Å²) >= 11 is 0. The van der Waals surface area contributed by atoms with Gasteiger partial charge in [-0.3, -0.25) is 0 Å². The third kappa shape index (κ3) is 3.02. The molecule has 0 aromatic heterocycles. The Balaban J connectivity index is 2.11. The number of likely N-dealkylation sites (N-methyl/N-ethyl adjacent to an activating group) is 1. The van der Waals surface area contributed by atoms with Crippen LogP contribution < -0.4 is 10.1 Å². The molecular formula is C16H21NO. The summed E-state index contributed by atoms with van der Waals surface area (Å²) in [7, 11) is 0. The first kappa shape index (κ1) is 12.9. The van der Waals surface area contributed by atoms with Crippen LogP contribution >= 0.6 is 0 Å². The number of fused-ring (bicyclic) bond motifs is 1. The molecule has 0 saturated carbocycles. The lowest BCUT2D eigenvalue weighted by atomic mass is 10.1. The van der Waals surface area contributed by atoms with Crippen LogP contribution in [0.1, 0.15) is 20.3 Å². The highest BCUT2D eigenvalue weighted by Gasteiger charge is 2.06. The summed E-state index contributed by atoms with van der Waals surface area (Å²) in [5, 5.41) is 5.84. The van der Waals surface area contributed by atoms with Gasteiger partial charge in [0.15, 0.2) is 0 Å². The summed E-state index contributed by atoms with van der Waals surface area (Å²) in [6, 6.07) is 15.0. The lowest BCUT2D eigenvalue weighted by Crippen LogP contribution is -2.33. The van der Waals surface area contributed by atoms with Crippen molar-refractivity contribution in [3.63, 3.8) is 0 Å². The van der Waals surface area contributed by atoms with Gasteiger partial charge >= 0.3 is 0 Å². The molecule has 0 radical (unpaired) electrons. The number of hydrogen-bond acceptors (Lipinski definition) is 2. The predicted octanol–water partition coefficient (Wildman–Crippen LogP) is 3.61. The molecule has 2 heteroatoms. The Morgan fingerprint density at radius 2 is 1.83 bits per heavy atom. The van der Waals surface area contributed by atoms with Gasteiger partial charge in [0.05, 0.1) is 0 Å². The molecule has 0 heterocycles. The first-order valence-electron chi connectivity index (χ1n) is 6.69. The van der Waals surface area contributed by atoms with Crippen LogP contribution in [0.2, 0.25) is 0 Å². The average Bonchev–Trinajstić information content (AvgIpc) is 2.43. The quantitative estimate of drug-likeness (QED) is 0.837. The van der Waals surface area contributed by atoms with Gasteiger partial charge in [0.2, 0.25) is 0 Å². The SMILES string of the molecule is CCNC(CC)COc1cccc2ccccc12. The van der Waals surface area contributed by atoms with Gasteiger partial charge in [-0.25, -0.2) is 0 Å². The normalized spacial score (nSPS) is 12.6. The van der Waals surface area contributed by atoms with E-state index in [9.17, 15) is 0 Å². The van der Waals surface area contributed by atoms with Crippen LogP contribution in [0.5, 0.6) is 5.75 Å². The van der Waals surface area contributed by atoms with Crippen LogP contribution in [-0.4, -0.2) is 19.2 Å². The van der Waals surface area contributed by atoms with Crippen molar-refractivity contribution in [2.45, 2.75) is 26.3 Å². The smallest absolute Gasteiger partial charge is 0.127 e. The van der Waals surface area contributed by atoms with Gasteiger partial charge in [-0.05, 0) is 24.4 Å². The zero-order valence-corrected chi connectivity index (χ0v) is 11.1. The summed E-state index contributed by atoms with van der Waals surface area (Å²) in [4.78, 5) is 0. The van der Waals surface area contributed by atoms with E-state index in [0.29, 0.717) is 6.04 Å². The molecule has 0 fully saturated rings. The van der Waals surface area contributed by atoms with Crippen molar-refractivity contribution in [1.29, 1.82) is 0 Å². The standard InChI is InChI=1S/C16H21NO/c1-3-14(17-4-2)12-18-16-11-7-9-13-8-5-6-10-15(13)16/h5-11,14,17H,3-4,12H2,1-2H3. The minimum Gasteiger partial charge on any atom is -0.491 e. The van der Waals surface area contributed by atoms with Gasteiger partial charge in [-0.2, -0.15) is 0 Å². The Hall–Kier alpha value is -1.54. The molecule has 2 aromatic rings. The highest BCUT2D eigenvalue weighted by atomic mass is 16.5. The third-order valence-corrected chi connectivity index (χ3v) is 3.18. The Morgan fingerprint density at radius 3 is 2.61 bits per heavy atom. The van der Waals surface area contributed by atoms with Crippen molar-refractivity contribution >= 4 is 10.8 Å². The fraction of sp³-hybridized carbons (Fsp3) is 0.375. The molecular weight excluding hydrogens is 222 g/mol. The zero-order valence-electron chi connectivity index (χ0n) is 11.1. The van der Waals surface area contributed by atoms with E-state index in [4.69, 9.17) is 4.74 Å². The maximum absolute atomic E-state index is 5.96. The first-order valence-corrected chi connectivity index (χ1v) is 6.69. The van der Waals surface area contributed by atoms with Gasteiger partial charge < -0.3 is 10.1 Å². The van der Waals surface area contributed by atoms with E-state index >= 15 is 0 Å². The highest BCUT2D eigenvalue weighted by molar-refractivity contribution is 5.88. The minimum atomic E-state index is 0.425. The van der Waals surface area contributed by atoms with E-state index in [2.05, 4.69) is 49.5 Å². The van der Waals surface area contributed by atoms with Crippen LogP contribution in [0, 0.1) is 0 Å². The summed E-state index contributed by atoms with van der Waals surface area (Å²) in [6.45, 7) is 6.01. The number of nitrogens with one attached hydrogen (secondary N) is 1. The fourth-order valence-electron chi connectivity index (χ4n) is 2.12. The van der Waals surface area contributed by atoms with Gasteiger partial charge in [-0.1, -0.05) is 50.2 Å². The molecule has 2 nitrogen and oxygen atoms in total. The Morgan fingerprint density at radius 1 is 1.06 bits per heavy atom.